The van der Waals surface area contributed by atoms with E-state index in [1.54, 1.807) is 37.5 Å². The van der Waals surface area contributed by atoms with Crippen LogP contribution in [-0.4, -0.2) is 35.7 Å². The van der Waals surface area contributed by atoms with E-state index in [0.29, 0.717) is 29.4 Å². The predicted molar refractivity (Wildman–Crippen MR) is 113 cm³/mol. The Balaban J connectivity index is 1.45. The summed E-state index contributed by atoms with van der Waals surface area (Å²) < 4.78 is 5.12. The van der Waals surface area contributed by atoms with E-state index in [9.17, 15) is 9.59 Å². The molecule has 0 saturated carbocycles. The molecule has 2 aromatic carbocycles. The van der Waals surface area contributed by atoms with Crippen molar-refractivity contribution in [2.24, 2.45) is 0 Å². The number of carbonyl (C=O) groups is 2. The highest BCUT2D eigenvalue weighted by Gasteiger charge is 2.09. The third-order valence-corrected chi connectivity index (χ3v) is 4.78. The van der Waals surface area contributed by atoms with Gasteiger partial charge in [0.15, 0.2) is 0 Å². The van der Waals surface area contributed by atoms with E-state index >= 15 is 0 Å². The second-order valence-electron chi connectivity index (χ2n) is 5.97. The molecule has 0 saturated heterocycles. The predicted octanol–water partition coefficient (Wildman–Crippen LogP) is 3.17. The van der Waals surface area contributed by atoms with Crippen molar-refractivity contribution < 1.29 is 14.3 Å². The Morgan fingerprint density at radius 2 is 1.93 bits per heavy atom. The molecule has 7 nitrogen and oxygen atoms in total. The standard InChI is InChI=1S/C21H20N4O3S/c1-28-17-9-5-8-16(14-17)20(27)22-13-12-19-24-25-21(29-19)23-18(26)11-10-15-6-3-2-4-7-15/h2-11,14H,12-13H2,1H3,(H,22,27)(H,23,25,26)/b11-10+. The topological polar surface area (TPSA) is 93.2 Å². The molecule has 1 aromatic heterocycles. The number of rotatable bonds is 8. The maximum atomic E-state index is 12.2. The minimum atomic E-state index is -0.275. The third-order valence-electron chi connectivity index (χ3n) is 3.88. The van der Waals surface area contributed by atoms with Gasteiger partial charge in [-0.1, -0.05) is 47.7 Å². The molecule has 0 unspecified atom stereocenters. The van der Waals surface area contributed by atoms with Gasteiger partial charge in [-0.05, 0) is 29.8 Å². The van der Waals surface area contributed by atoms with Crippen LogP contribution in [0.25, 0.3) is 6.08 Å². The van der Waals surface area contributed by atoms with Crippen LogP contribution in [0, 0.1) is 0 Å². The van der Waals surface area contributed by atoms with Crippen LogP contribution in [0.3, 0.4) is 0 Å². The molecule has 0 fully saturated rings. The zero-order chi connectivity index (χ0) is 20.5. The van der Waals surface area contributed by atoms with Gasteiger partial charge in [-0.2, -0.15) is 0 Å². The summed E-state index contributed by atoms with van der Waals surface area (Å²) in [7, 11) is 1.56. The van der Waals surface area contributed by atoms with Crippen LogP contribution in [0.5, 0.6) is 5.75 Å². The molecule has 3 rings (SSSR count). The summed E-state index contributed by atoms with van der Waals surface area (Å²) in [5.41, 5.74) is 1.46. The Labute approximate surface area is 172 Å². The van der Waals surface area contributed by atoms with Crippen molar-refractivity contribution in [3.8, 4) is 5.75 Å². The number of amides is 2. The average molecular weight is 408 g/mol. The largest absolute Gasteiger partial charge is 0.497 e. The first-order valence-corrected chi connectivity index (χ1v) is 9.74. The molecule has 0 aliphatic carbocycles. The van der Waals surface area contributed by atoms with Crippen LogP contribution in [-0.2, 0) is 11.2 Å². The molecular formula is C21H20N4O3S. The van der Waals surface area contributed by atoms with Crippen molar-refractivity contribution in [3.05, 3.63) is 76.8 Å². The molecule has 1 heterocycles. The summed E-state index contributed by atoms with van der Waals surface area (Å²) >= 11 is 1.28. The Hall–Kier alpha value is -3.52. The molecule has 0 radical (unpaired) electrons. The fourth-order valence-electron chi connectivity index (χ4n) is 2.44. The molecule has 0 spiro atoms. The minimum Gasteiger partial charge on any atom is -0.497 e. The molecule has 8 heteroatoms. The van der Waals surface area contributed by atoms with Gasteiger partial charge in [0, 0.05) is 24.6 Å². The van der Waals surface area contributed by atoms with Crippen molar-refractivity contribution in [1.29, 1.82) is 0 Å². The Bertz CT molecular complexity index is 1000. The van der Waals surface area contributed by atoms with Crippen LogP contribution in [0.1, 0.15) is 20.9 Å². The molecule has 148 valence electrons. The van der Waals surface area contributed by atoms with Gasteiger partial charge in [-0.15, -0.1) is 10.2 Å². The second-order valence-corrected chi connectivity index (χ2v) is 7.03. The number of anilines is 1. The van der Waals surface area contributed by atoms with Gasteiger partial charge < -0.3 is 10.1 Å². The van der Waals surface area contributed by atoms with Crippen LogP contribution >= 0.6 is 11.3 Å². The zero-order valence-corrected chi connectivity index (χ0v) is 16.6. The van der Waals surface area contributed by atoms with E-state index in [1.165, 1.54) is 17.4 Å². The van der Waals surface area contributed by atoms with Gasteiger partial charge >= 0.3 is 0 Å². The Kier molecular flexibility index (Phi) is 7.07. The fourth-order valence-corrected chi connectivity index (χ4v) is 3.18. The molecule has 2 amide bonds. The second kappa shape index (κ2) is 10.1. The van der Waals surface area contributed by atoms with E-state index in [4.69, 9.17) is 4.74 Å². The first-order chi connectivity index (χ1) is 14.1. The summed E-state index contributed by atoms with van der Waals surface area (Å²) in [6.07, 6.45) is 3.69. The van der Waals surface area contributed by atoms with Crippen molar-refractivity contribution >= 4 is 34.4 Å². The minimum absolute atomic E-state index is 0.187. The van der Waals surface area contributed by atoms with E-state index < -0.39 is 0 Å². The number of ether oxygens (including phenoxy) is 1. The van der Waals surface area contributed by atoms with Crippen LogP contribution in [0.4, 0.5) is 5.13 Å². The molecule has 3 aromatic rings. The average Bonchev–Trinajstić information content (AvgIpc) is 3.20. The number of methoxy groups -OCH3 is 1. The van der Waals surface area contributed by atoms with Gasteiger partial charge in [0.25, 0.3) is 5.91 Å². The first kappa shape index (κ1) is 20.2. The summed E-state index contributed by atoms with van der Waals surface area (Å²) in [5.74, 6) is 0.166. The number of carbonyl (C=O) groups excluding carboxylic acids is 2. The van der Waals surface area contributed by atoms with Crippen LogP contribution < -0.4 is 15.4 Å². The van der Waals surface area contributed by atoms with Gasteiger partial charge in [0.05, 0.1) is 7.11 Å². The quantitative estimate of drug-likeness (QED) is 0.559. The highest BCUT2D eigenvalue weighted by Crippen LogP contribution is 2.16. The summed E-state index contributed by atoms with van der Waals surface area (Å²) in [6, 6.07) is 16.5. The van der Waals surface area contributed by atoms with Crippen molar-refractivity contribution in [2.45, 2.75) is 6.42 Å². The monoisotopic (exact) mass is 408 g/mol. The number of nitrogens with zero attached hydrogens (tertiary/aromatic N) is 2. The van der Waals surface area contributed by atoms with E-state index in [2.05, 4.69) is 20.8 Å². The number of benzene rings is 2. The molecule has 29 heavy (non-hydrogen) atoms. The molecule has 0 aliphatic rings. The van der Waals surface area contributed by atoms with Crippen LogP contribution in [0.15, 0.2) is 60.7 Å². The molecule has 0 bridgehead atoms. The maximum absolute atomic E-state index is 12.2. The first-order valence-electron chi connectivity index (χ1n) is 8.93. The highest BCUT2D eigenvalue weighted by molar-refractivity contribution is 7.15. The number of aromatic nitrogens is 2. The normalized spacial score (nSPS) is 10.7. The van der Waals surface area contributed by atoms with Crippen LogP contribution in [0.2, 0.25) is 0 Å². The van der Waals surface area contributed by atoms with Gasteiger partial charge in [0.1, 0.15) is 10.8 Å². The molecular weight excluding hydrogens is 388 g/mol. The van der Waals surface area contributed by atoms with Crippen molar-refractivity contribution in [1.82, 2.24) is 15.5 Å². The van der Waals surface area contributed by atoms with E-state index in [0.717, 1.165) is 10.6 Å². The summed E-state index contributed by atoms with van der Waals surface area (Å²) in [6.45, 7) is 0.409. The molecule has 0 aliphatic heterocycles. The lowest BCUT2D eigenvalue weighted by molar-refractivity contribution is -0.111. The third kappa shape index (κ3) is 6.25. The summed E-state index contributed by atoms with van der Waals surface area (Å²) in [4.78, 5) is 24.2. The SMILES string of the molecule is COc1cccc(C(=O)NCCc2nnc(NC(=O)/C=C/c3ccccc3)s2)c1. The van der Waals surface area contributed by atoms with Crippen molar-refractivity contribution in [3.63, 3.8) is 0 Å². The summed E-state index contributed by atoms with van der Waals surface area (Å²) in [5, 5.41) is 14.7. The zero-order valence-electron chi connectivity index (χ0n) is 15.8. The highest BCUT2D eigenvalue weighted by atomic mass is 32.1. The van der Waals surface area contributed by atoms with Gasteiger partial charge in [0.2, 0.25) is 11.0 Å². The number of hydrogen-bond donors (Lipinski definition) is 2. The molecule has 2 N–H and O–H groups in total. The fraction of sp³-hybridized carbons (Fsp3) is 0.143. The van der Waals surface area contributed by atoms with E-state index in [-0.39, 0.29) is 11.8 Å². The van der Waals surface area contributed by atoms with Gasteiger partial charge in [-0.25, -0.2) is 0 Å². The Morgan fingerprint density at radius 1 is 1.10 bits per heavy atom. The number of hydrogen-bond acceptors (Lipinski definition) is 6. The van der Waals surface area contributed by atoms with Gasteiger partial charge in [-0.3, -0.25) is 14.9 Å². The lowest BCUT2D eigenvalue weighted by atomic mass is 10.2. The lowest BCUT2D eigenvalue weighted by Crippen LogP contribution is -2.25. The Morgan fingerprint density at radius 3 is 2.72 bits per heavy atom. The van der Waals surface area contributed by atoms with E-state index in [1.807, 2.05) is 30.3 Å². The lowest BCUT2D eigenvalue weighted by Gasteiger charge is -2.05. The number of nitrogens with one attached hydrogen (secondary N) is 2. The molecule has 0 atom stereocenters. The maximum Gasteiger partial charge on any atom is 0.251 e. The van der Waals surface area contributed by atoms with Crippen molar-refractivity contribution in [2.75, 3.05) is 19.0 Å². The smallest absolute Gasteiger partial charge is 0.251 e.